The molecule has 0 aromatic heterocycles. The third-order valence-corrected chi connectivity index (χ3v) is 4.06. The van der Waals surface area contributed by atoms with Crippen molar-refractivity contribution in [1.29, 1.82) is 0 Å². The summed E-state index contributed by atoms with van der Waals surface area (Å²) in [4.78, 5) is 12.5. The van der Waals surface area contributed by atoms with Gasteiger partial charge in [0.25, 0.3) is 5.91 Å². The molecule has 0 bridgehead atoms. The minimum absolute atomic E-state index is 0.211. The summed E-state index contributed by atoms with van der Waals surface area (Å²) in [7, 11) is 0. The van der Waals surface area contributed by atoms with Crippen LogP contribution in [0.3, 0.4) is 0 Å². The number of anilines is 1. The zero-order valence-corrected chi connectivity index (χ0v) is 17.0. The average Bonchev–Trinajstić information content (AvgIpc) is 2.77. The average molecular weight is 403 g/mol. The highest BCUT2D eigenvalue weighted by Crippen LogP contribution is 2.19. The molecule has 0 aliphatic rings. The first-order valence-corrected chi connectivity index (χ1v) is 9.69. The molecule has 0 saturated carbocycles. The molecule has 0 spiro atoms. The summed E-state index contributed by atoms with van der Waals surface area (Å²) in [6, 6.07) is 23.8. The minimum atomic E-state index is -0.211. The minimum Gasteiger partial charge on any atom is -0.490 e. The van der Waals surface area contributed by atoms with E-state index < -0.39 is 0 Å². The summed E-state index contributed by atoms with van der Waals surface area (Å²) in [5, 5.41) is 2.87. The number of hydrogen-bond donors (Lipinski definition) is 1. The standard InChI is InChI=1S/C25H25NO4/c1-19(2)18-30-23-13-11-21(12-14-23)26-25(27)20-7-6-10-24(17-20)29-16-15-28-22-8-4-3-5-9-22/h3-14,17H,1,15-16,18H2,2H3,(H,26,27). The molecule has 0 atom stereocenters. The van der Waals surface area contributed by atoms with E-state index in [0.717, 1.165) is 17.1 Å². The maximum atomic E-state index is 12.5. The molecule has 30 heavy (non-hydrogen) atoms. The van der Waals surface area contributed by atoms with Gasteiger partial charge in [0.05, 0.1) is 0 Å². The molecule has 3 aromatic rings. The molecule has 1 N–H and O–H groups in total. The molecule has 5 heteroatoms. The summed E-state index contributed by atoms with van der Waals surface area (Å²) in [6.07, 6.45) is 0. The van der Waals surface area contributed by atoms with E-state index in [9.17, 15) is 4.79 Å². The van der Waals surface area contributed by atoms with Crippen LogP contribution in [0.15, 0.2) is 91.0 Å². The van der Waals surface area contributed by atoms with Gasteiger partial charge in [0, 0.05) is 11.3 Å². The molecule has 0 saturated heterocycles. The first-order chi connectivity index (χ1) is 14.6. The predicted molar refractivity (Wildman–Crippen MR) is 119 cm³/mol. The fourth-order valence-electron chi connectivity index (χ4n) is 2.61. The molecule has 154 valence electrons. The SMILES string of the molecule is C=C(C)COc1ccc(NC(=O)c2cccc(OCCOc3ccccc3)c2)cc1. The topological polar surface area (TPSA) is 56.8 Å². The van der Waals surface area contributed by atoms with Crippen LogP contribution in [0.2, 0.25) is 0 Å². The first kappa shape index (κ1) is 21.0. The van der Waals surface area contributed by atoms with Gasteiger partial charge in [-0.15, -0.1) is 0 Å². The van der Waals surface area contributed by atoms with Gasteiger partial charge in [-0.2, -0.15) is 0 Å². The van der Waals surface area contributed by atoms with Crippen molar-refractivity contribution in [1.82, 2.24) is 0 Å². The number of benzene rings is 3. The fourth-order valence-corrected chi connectivity index (χ4v) is 2.61. The number of hydrogen-bond acceptors (Lipinski definition) is 4. The van der Waals surface area contributed by atoms with Crippen molar-refractivity contribution in [3.63, 3.8) is 0 Å². The van der Waals surface area contributed by atoms with Gasteiger partial charge in [-0.05, 0) is 67.1 Å². The molecular formula is C25H25NO4. The van der Waals surface area contributed by atoms with Crippen LogP contribution in [-0.2, 0) is 0 Å². The summed E-state index contributed by atoms with van der Waals surface area (Å²) >= 11 is 0. The molecule has 0 unspecified atom stereocenters. The molecule has 0 fully saturated rings. The monoisotopic (exact) mass is 403 g/mol. The van der Waals surface area contributed by atoms with Gasteiger partial charge in [0.2, 0.25) is 0 Å². The highest BCUT2D eigenvalue weighted by molar-refractivity contribution is 6.04. The Hall–Kier alpha value is -3.73. The summed E-state index contributed by atoms with van der Waals surface area (Å²) in [6.45, 7) is 6.98. The van der Waals surface area contributed by atoms with Crippen molar-refractivity contribution in [3.8, 4) is 17.2 Å². The number of nitrogens with one attached hydrogen (secondary N) is 1. The second kappa shape index (κ2) is 10.7. The number of ether oxygens (including phenoxy) is 3. The lowest BCUT2D eigenvalue weighted by atomic mass is 10.2. The number of amides is 1. The van der Waals surface area contributed by atoms with Gasteiger partial charge in [0.1, 0.15) is 37.1 Å². The van der Waals surface area contributed by atoms with E-state index in [4.69, 9.17) is 14.2 Å². The van der Waals surface area contributed by atoms with Crippen LogP contribution in [0.5, 0.6) is 17.2 Å². The summed E-state index contributed by atoms with van der Waals surface area (Å²) < 4.78 is 16.9. The third-order valence-electron chi connectivity index (χ3n) is 4.06. The van der Waals surface area contributed by atoms with Crippen LogP contribution in [0.25, 0.3) is 0 Å². The van der Waals surface area contributed by atoms with E-state index in [-0.39, 0.29) is 5.91 Å². The normalized spacial score (nSPS) is 10.2. The number of para-hydroxylation sites is 1. The van der Waals surface area contributed by atoms with E-state index in [1.54, 1.807) is 30.3 Å². The van der Waals surface area contributed by atoms with Crippen LogP contribution in [0, 0.1) is 0 Å². The van der Waals surface area contributed by atoms with Crippen molar-refractivity contribution in [3.05, 3.63) is 96.6 Å². The van der Waals surface area contributed by atoms with E-state index >= 15 is 0 Å². The molecule has 1 amide bonds. The highest BCUT2D eigenvalue weighted by atomic mass is 16.5. The Morgan fingerprint density at radius 1 is 0.800 bits per heavy atom. The molecule has 3 aromatic carbocycles. The smallest absolute Gasteiger partial charge is 0.255 e. The van der Waals surface area contributed by atoms with Crippen molar-refractivity contribution in [2.24, 2.45) is 0 Å². The zero-order chi connectivity index (χ0) is 21.2. The molecular weight excluding hydrogens is 378 g/mol. The Morgan fingerprint density at radius 3 is 2.13 bits per heavy atom. The Bertz CT molecular complexity index is 968. The Labute approximate surface area is 176 Å². The van der Waals surface area contributed by atoms with Gasteiger partial charge < -0.3 is 19.5 Å². The lowest BCUT2D eigenvalue weighted by Gasteiger charge is -2.10. The van der Waals surface area contributed by atoms with E-state index in [1.165, 1.54) is 0 Å². The number of rotatable bonds is 10. The van der Waals surface area contributed by atoms with Crippen LogP contribution in [0.4, 0.5) is 5.69 Å². The van der Waals surface area contributed by atoms with Gasteiger partial charge in [-0.1, -0.05) is 30.8 Å². The van der Waals surface area contributed by atoms with E-state index in [2.05, 4.69) is 11.9 Å². The number of carbonyl (C=O) groups is 1. The van der Waals surface area contributed by atoms with Gasteiger partial charge in [-0.25, -0.2) is 0 Å². The Kier molecular flexibility index (Phi) is 7.50. The zero-order valence-electron chi connectivity index (χ0n) is 17.0. The first-order valence-electron chi connectivity index (χ1n) is 9.69. The Morgan fingerprint density at radius 2 is 1.43 bits per heavy atom. The van der Waals surface area contributed by atoms with E-state index in [0.29, 0.717) is 36.8 Å². The maximum Gasteiger partial charge on any atom is 0.255 e. The van der Waals surface area contributed by atoms with Gasteiger partial charge >= 0.3 is 0 Å². The number of carbonyl (C=O) groups excluding carboxylic acids is 1. The summed E-state index contributed by atoms with van der Waals surface area (Å²) in [5.74, 6) is 1.92. The lowest BCUT2D eigenvalue weighted by molar-refractivity contribution is 0.102. The highest BCUT2D eigenvalue weighted by Gasteiger charge is 2.08. The third kappa shape index (κ3) is 6.71. The second-order valence-corrected chi connectivity index (χ2v) is 6.76. The lowest BCUT2D eigenvalue weighted by Crippen LogP contribution is -2.13. The molecule has 3 rings (SSSR count). The Balaban J connectivity index is 1.49. The second-order valence-electron chi connectivity index (χ2n) is 6.76. The molecule has 0 heterocycles. The van der Waals surface area contributed by atoms with E-state index in [1.807, 2.05) is 55.5 Å². The maximum absolute atomic E-state index is 12.5. The molecule has 0 aliphatic heterocycles. The quantitative estimate of drug-likeness (QED) is 0.366. The van der Waals surface area contributed by atoms with Crippen molar-refractivity contribution in [2.45, 2.75) is 6.92 Å². The largest absolute Gasteiger partial charge is 0.490 e. The molecule has 0 aliphatic carbocycles. The van der Waals surface area contributed by atoms with Crippen molar-refractivity contribution < 1.29 is 19.0 Å². The van der Waals surface area contributed by atoms with Gasteiger partial charge in [-0.3, -0.25) is 4.79 Å². The van der Waals surface area contributed by atoms with Crippen molar-refractivity contribution in [2.75, 3.05) is 25.1 Å². The fraction of sp³-hybridized carbons (Fsp3) is 0.160. The van der Waals surface area contributed by atoms with Gasteiger partial charge in [0.15, 0.2) is 0 Å². The molecule has 5 nitrogen and oxygen atoms in total. The van der Waals surface area contributed by atoms with Crippen LogP contribution >= 0.6 is 0 Å². The molecule has 0 radical (unpaired) electrons. The van der Waals surface area contributed by atoms with Crippen molar-refractivity contribution >= 4 is 11.6 Å². The van der Waals surface area contributed by atoms with Crippen LogP contribution in [0.1, 0.15) is 17.3 Å². The summed E-state index contributed by atoms with van der Waals surface area (Å²) in [5.41, 5.74) is 2.14. The van der Waals surface area contributed by atoms with Crippen LogP contribution in [-0.4, -0.2) is 25.7 Å². The predicted octanol–water partition coefficient (Wildman–Crippen LogP) is 5.35. The van der Waals surface area contributed by atoms with Crippen LogP contribution < -0.4 is 19.5 Å².